The van der Waals surface area contributed by atoms with Crippen LogP contribution >= 0.6 is 0 Å². The Balaban J connectivity index is 1.55. The molecule has 3 rings (SSSR count). The van der Waals surface area contributed by atoms with Crippen molar-refractivity contribution in [3.8, 4) is 17.2 Å². The van der Waals surface area contributed by atoms with E-state index in [9.17, 15) is 14.7 Å². The standard InChI is InChI=1S/C26H37N5O6/c1-15(2)27-13-19-21(32)10-18(35-6)11-22(19)36-14-24(33)28-23-12-20(30-31-23)16-7-8-17(9-16)37-25(34)29-26(3,4)5/h10-13,15-17,32H,7-9,14H2,1-6H3,(H,29,34)(H2,28,30,31,33). The number of anilines is 1. The van der Waals surface area contributed by atoms with Crippen molar-refractivity contribution in [3.05, 3.63) is 29.5 Å². The zero-order chi connectivity index (χ0) is 27.2. The molecule has 1 aromatic carbocycles. The van der Waals surface area contributed by atoms with Gasteiger partial charge in [0.1, 0.15) is 23.4 Å². The Morgan fingerprint density at radius 3 is 2.70 bits per heavy atom. The number of aromatic hydroxyl groups is 1. The molecule has 0 bridgehead atoms. The number of aromatic amines is 1. The molecular weight excluding hydrogens is 478 g/mol. The molecule has 1 heterocycles. The van der Waals surface area contributed by atoms with Gasteiger partial charge in [-0.05, 0) is 53.9 Å². The summed E-state index contributed by atoms with van der Waals surface area (Å²) in [5, 5.41) is 23.0. The molecule has 4 N–H and O–H groups in total. The summed E-state index contributed by atoms with van der Waals surface area (Å²) in [6.45, 7) is 9.21. The van der Waals surface area contributed by atoms with Crippen LogP contribution in [0.3, 0.4) is 0 Å². The second-order valence-electron chi connectivity index (χ2n) is 10.4. The molecule has 1 fully saturated rings. The molecule has 11 heteroatoms. The number of aliphatic imine (C=N–C) groups is 1. The first-order chi connectivity index (χ1) is 17.4. The van der Waals surface area contributed by atoms with Crippen molar-refractivity contribution >= 4 is 24.0 Å². The number of methoxy groups -OCH3 is 1. The summed E-state index contributed by atoms with van der Waals surface area (Å²) in [5.41, 5.74) is 0.868. The predicted octanol–water partition coefficient (Wildman–Crippen LogP) is 4.13. The number of ether oxygens (including phenoxy) is 3. The number of hydrogen-bond acceptors (Lipinski definition) is 8. The number of phenolic OH excluding ortho intramolecular Hbond substituents is 1. The predicted molar refractivity (Wildman–Crippen MR) is 140 cm³/mol. The van der Waals surface area contributed by atoms with Gasteiger partial charge in [0, 0.05) is 47.6 Å². The van der Waals surface area contributed by atoms with Crippen molar-refractivity contribution in [3.63, 3.8) is 0 Å². The van der Waals surface area contributed by atoms with Crippen molar-refractivity contribution in [2.45, 2.75) is 77.5 Å². The fourth-order valence-corrected chi connectivity index (χ4v) is 3.93. The van der Waals surface area contributed by atoms with E-state index in [0.29, 0.717) is 23.6 Å². The van der Waals surface area contributed by atoms with Gasteiger partial charge in [-0.25, -0.2) is 4.79 Å². The Morgan fingerprint density at radius 2 is 2.03 bits per heavy atom. The van der Waals surface area contributed by atoms with E-state index in [1.54, 1.807) is 12.1 Å². The van der Waals surface area contributed by atoms with E-state index in [1.165, 1.54) is 19.4 Å². The van der Waals surface area contributed by atoms with Crippen LogP contribution in [0.5, 0.6) is 17.2 Å². The van der Waals surface area contributed by atoms with Crippen LogP contribution in [0, 0.1) is 0 Å². The number of nitrogens with one attached hydrogen (secondary N) is 3. The van der Waals surface area contributed by atoms with Crippen molar-refractivity contribution in [1.29, 1.82) is 0 Å². The van der Waals surface area contributed by atoms with E-state index in [1.807, 2.05) is 34.6 Å². The van der Waals surface area contributed by atoms with Gasteiger partial charge in [0.25, 0.3) is 5.91 Å². The number of nitrogens with zero attached hydrogens (tertiary/aromatic N) is 2. The monoisotopic (exact) mass is 515 g/mol. The lowest BCUT2D eigenvalue weighted by molar-refractivity contribution is -0.118. The van der Waals surface area contributed by atoms with Crippen LogP contribution in [0.2, 0.25) is 0 Å². The van der Waals surface area contributed by atoms with Crippen LogP contribution in [-0.4, -0.2) is 64.9 Å². The van der Waals surface area contributed by atoms with Crippen LogP contribution in [0.25, 0.3) is 0 Å². The van der Waals surface area contributed by atoms with E-state index in [4.69, 9.17) is 14.2 Å². The van der Waals surface area contributed by atoms with Crippen LogP contribution in [0.4, 0.5) is 10.6 Å². The summed E-state index contributed by atoms with van der Waals surface area (Å²) in [7, 11) is 1.47. The summed E-state index contributed by atoms with van der Waals surface area (Å²) in [5.74, 6) is 0.690. The van der Waals surface area contributed by atoms with Gasteiger partial charge in [0.05, 0.1) is 12.7 Å². The lowest BCUT2D eigenvalue weighted by Gasteiger charge is -2.22. The number of benzene rings is 1. The Morgan fingerprint density at radius 1 is 1.27 bits per heavy atom. The summed E-state index contributed by atoms with van der Waals surface area (Å²) in [6, 6.07) is 4.84. The molecule has 1 aliphatic carbocycles. The molecule has 2 aromatic rings. The Hall–Kier alpha value is -3.76. The summed E-state index contributed by atoms with van der Waals surface area (Å²) >= 11 is 0. The molecule has 1 saturated carbocycles. The molecule has 11 nitrogen and oxygen atoms in total. The second kappa shape index (κ2) is 12.0. The average molecular weight is 516 g/mol. The fourth-order valence-electron chi connectivity index (χ4n) is 3.93. The van der Waals surface area contributed by atoms with Crippen molar-refractivity contribution in [2.75, 3.05) is 19.0 Å². The minimum atomic E-state index is -0.418. The normalized spacial score (nSPS) is 17.7. The third kappa shape index (κ3) is 8.40. The fraction of sp³-hybridized carbons (Fsp3) is 0.538. The van der Waals surface area contributed by atoms with E-state index >= 15 is 0 Å². The highest BCUT2D eigenvalue weighted by Gasteiger charge is 2.30. The number of hydrogen-bond donors (Lipinski definition) is 4. The van der Waals surface area contributed by atoms with Gasteiger partial charge >= 0.3 is 6.09 Å². The van der Waals surface area contributed by atoms with E-state index < -0.39 is 12.0 Å². The van der Waals surface area contributed by atoms with Crippen molar-refractivity contribution < 1.29 is 28.9 Å². The highest BCUT2D eigenvalue weighted by molar-refractivity contribution is 5.92. The lowest BCUT2D eigenvalue weighted by Crippen LogP contribution is -2.42. The summed E-state index contributed by atoms with van der Waals surface area (Å²) in [4.78, 5) is 28.9. The molecule has 2 amide bonds. The molecule has 1 aliphatic rings. The van der Waals surface area contributed by atoms with Crippen LogP contribution < -0.4 is 20.1 Å². The maximum atomic E-state index is 12.5. The van der Waals surface area contributed by atoms with Crippen LogP contribution in [0.15, 0.2) is 23.2 Å². The smallest absolute Gasteiger partial charge is 0.407 e. The van der Waals surface area contributed by atoms with Gasteiger partial charge in [-0.15, -0.1) is 0 Å². The van der Waals surface area contributed by atoms with Gasteiger partial charge < -0.3 is 30.0 Å². The van der Waals surface area contributed by atoms with E-state index in [-0.39, 0.29) is 41.7 Å². The number of amides is 2. The van der Waals surface area contributed by atoms with E-state index in [0.717, 1.165) is 18.5 Å². The van der Waals surface area contributed by atoms with Gasteiger partial charge in [-0.2, -0.15) is 5.10 Å². The molecule has 0 saturated heterocycles. The molecule has 0 radical (unpaired) electrons. The molecule has 37 heavy (non-hydrogen) atoms. The zero-order valence-electron chi connectivity index (χ0n) is 22.3. The minimum Gasteiger partial charge on any atom is -0.507 e. The Kier molecular flexibility index (Phi) is 9.01. The van der Waals surface area contributed by atoms with Gasteiger partial charge in [-0.1, -0.05) is 0 Å². The SMILES string of the molecule is COc1cc(O)c(C=NC(C)C)c(OCC(=O)Nc2cc(C3CCC(OC(=O)NC(C)(C)C)C3)[nH]n2)c1. The topological polar surface area (TPSA) is 147 Å². The van der Waals surface area contributed by atoms with Gasteiger partial charge in [0.2, 0.25) is 0 Å². The third-order valence-electron chi connectivity index (χ3n) is 5.63. The van der Waals surface area contributed by atoms with Crippen molar-refractivity contribution in [2.24, 2.45) is 4.99 Å². The maximum absolute atomic E-state index is 12.5. The molecule has 202 valence electrons. The van der Waals surface area contributed by atoms with E-state index in [2.05, 4.69) is 25.8 Å². The first-order valence-electron chi connectivity index (χ1n) is 12.3. The Labute approximate surface area is 217 Å². The first-order valence-corrected chi connectivity index (χ1v) is 12.3. The summed E-state index contributed by atoms with van der Waals surface area (Å²) < 4.78 is 16.4. The molecule has 2 atom stereocenters. The summed E-state index contributed by atoms with van der Waals surface area (Å²) in [6.07, 6.45) is 3.20. The molecule has 0 spiro atoms. The molecule has 2 unspecified atom stereocenters. The second-order valence-corrected chi connectivity index (χ2v) is 10.4. The van der Waals surface area contributed by atoms with Crippen LogP contribution in [0.1, 0.15) is 71.1 Å². The quantitative estimate of drug-likeness (QED) is 0.367. The molecule has 0 aliphatic heterocycles. The Bertz CT molecular complexity index is 1120. The number of carbonyl (C=O) groups is 2. The number of aromatic nitrogens is 2. The number of phenols is 1. The number of alkyl carbamates (subject to hydrolysis) is 1. The minimum absolute atomic E-state index is 0.0221. The lowest BCUT2D eigenvalue weighted by atomic mass is 10.0. The van der Waals surface area contributed by atoms with Gasteiger partial charge in [0.15, 0.2) is 12.4 Å². The van der Waals surface area contributed by atoms with Crippen LogP contribution in [-0.2, 0) is 9.53 Å². The largest absolute Gasteiger partial charge is 0.507 e. The maximum Gasteiger partial charge on any atom is 0.407 e. The van der Waals surface area contributed by atoms with Crippen molar-refractivity contribution in [1.82, 2.24) is 15.5 Å². The highest BCUT2D eigenvalue weighted by atomic mass is 16.6. The number of carbonyl (C=O) groups excluding carboxylic acids is 2. The average Bonchev–Trinajstić information content (AvgIpc) is 3.44. The zero-order valence-corrected chi connectivity index (χ0v) is 22.3. The number of H-pyrrole nitrogens is 1. The first kappa shape index (κ1) is 27.8. The van der Waals surface area contributed by atoms with Gasteiger partial charge in [-0.3, -0.25) is 14.9 Å². The highest BCUT2D eigenvalue weighted by Crippen LogP contribution is 2.36. The molecular formula is C26H37N5O6. The third-order valence-corrected chi connectivity index (χ3v) is 5.63. The number of rotatable bonds is 9. The molecule has 1 aromatic heterocycles.